The maximum absolute atomic E-state index is 9.87. The lowest BCUT2D eigenvalue weighted by Crippen LogP contribution is -2.38. The molecule has 14 heavy (non-hydrogen) atoms. The van der Waals surface area contributed by atoms with Crippen molar-refractivity contribution >= 4 is 0 Å². The molecule has 2 nitrogen and oxygen atoms in total. The highest BCUT2D eigenvalue weighted by Gasteiger charge is 2.26. The smallest absolute Gasteiger partial charge is 0.0569 e. The second kappa shape index (κ2) is 5.13. The van der Waals surface area contributed by atoms with E-state index in [1.165, 1.54) is 51.5 Å². The van der Waals surface area contributed by atoms with Crippen LogP contribution in [0.25, 0.3) is 0 Å². The van der Waals surface area contributed by atoms with E-state index in [0.717, 1.165) is 6.42 Å². The summed E-state index contributed by atoms with van der Waals surface area (Å²) >= 11 is 0. The molecule has 2 N–H and O–H groups in total. The second-order valence-electron chi connectivity index (χ2n) is 4.99. The van der Waals surface area contributed by atoms with Crippen molar-refractivity contribution in [2.24, 2.45) is 5.92 Å². The minimum absolute atomic E-state index is 0.00697. The summed E-state index contributed by atoms with van der Waals surface area (Å²) < 4.78 is 0. The fraction of sp³-hybridized carbons (Fsp3) is 1.00. The summed E-state index contributed by atoms with van der Waals surface area (Å²) in [5.74, 6) is 0.583. The van der Waals surface area contributed by atoms with Crippen molar-refractivity contribution in [2.45, 2.75) is 63.5 Å². The average Bonchev–Trinajstić information content (AvgIpc) is 2.23. The van der Waals surface area contributed by atoms with Gasteiger partial charge in [-0.05, 0) is 44.6 Å². The maximum Gasteiger partial charge on any atom is 0.0569 e. The number of piperidine rings is 1. The maximum atomic E-state index is 9.87. The summed E-state index contributed by atoms with van der Waals surface area (Å²) in [6.45, 7) is 1.19. The van der Waals surface area contributed by atoms with Gasteiger partial charge in [-0.1, -0.05) is 19.3 Å². The number of rotatable bonds is 2. The minimum Gasteiger partial charge on any atom is -0.393 e. The van der Waals surface area contributed by atoms with Crippen LogP contribution in [0, 0.1) is 5.92 Å². The van der Waals surface area contributed by atoms with Crippen LogP contribution in [0.5, 0.6) is 0 Å². The van der Waals surface area contributed by atoms with Crippen LogP contribution in [0.15, 0.2) is 0 Å². The quantitative estimate of drug-likeness (QED) is 0.710. The first-order valence-corrected chi connectivity index (χ1v) is 6.28. The second-order valence-corrected chi connectivity index (χ2v) is 4.99. The Morgan fingerprint density at radius 3 is 2.50 bits per heavy atom. The van der Waals surface area contributed by atoms with Crippen molar-refractivity contribution in [1.29, 1.82) is 0 Å². The largest absolute Gasteiger partial charge is 0.393 e. The Labute approximate surface area is 87.1 Å². The van der Waals surface area contributed by atoms with E-state index in [1.807, 2.05) is 0 Å². The third-order valence-corrected chi connectivity index (χ3v) is 3.87. The van der Waals surface area contributed by atoms with Crippen LogP contribution in [-0.2, 0) is 0 Å². The van der Waals surface area contributed by atoms with Gasteiger partial charge in [0.15, 0.2) is 0 Å². The van der Waals surface area contributed by atoms with Gasteiger partial charge >= 0.3 is 0 Å². The summed E-state index contributed by atoms with van der Waals surface area (Å²) in [5.41, 5.74) is 0. The lowest BCUT2D eigenvalue weighted by molar-refractivity contribution is 0.0575. The van der Waals surface area contributed by atoms with Crippen molar-refractivity contribution in [3.05, 3.63) is 0 Å². The van der Waals surface area contributed by atoms with Crippen molar-refractivity contribution in [1.82, 2.24) is 5.32 Å². The lowest BCUT2D eigenvalue weighted by atomic mass is 9.81. The van der Waals surface area contributed by atoms with Gasteiger partial charge in [0.25, 0.3) is 0 Å². The Morgan fingerprint density at radius 2 is 1.79 bits per heavy atom. The molecule has 1 saturated carbocycles. The summed E-state index contributed by atoms with van der Waals surface area (Å²) in [4.78, 5) is 0. The molecule has 2 rings (SSSR count). The highest BCUT2D eigenvalue weighted by atomic mass is 16.3. The van der Waals surface area contributed by atoms with Gasteiger partial charge in [0.1, 0.15) is 0 Å². The van der Waals surface area contributed by atoms with Gasteiger partial charge in [-0.25, -0.2) is 0 Å². The van der Waals surface area contributed by atoms with Gasteiger partial charge in [0.05, 0.1) is 6.10 Å². The van der Waals surface area contributed by atoms with Gasteiger partial charge < -0.3 is 10.4 Å². The van der Waals surface area contributed by atoms with E-state index in [0.29, 0.717) is 12.0 Å². The highest BCUT2D eigenvalue weighted by Crippen LogP contribution is 2.29. The van der Waals surface area contributed by atoms with Gasteiger partial charge in [-0.2, -0.15) is 0 Å². The molecule has 1 aliphatic heterocycles. The molecular weight excluding hydrogens is 174 g/mol. The molecule has 0 radical (unpaired) electrons. The van der Waals surface area contributed by atoms with E-state index in [9.17, 15) is 5.11 Å². The average molecular weight is 197 g/mol. The molecule has 3 atom stereocenters. The Hall–Kier alpha value is -0.0800. The topological polar surface area (TPSA) is 32.3 Å². The van der Waals surface area contributed by atoms with Gasteiger partial charge in [0.2, 0.25) is 0 Å². The molecular formula is C12H23NO. The number of aliphatic hydroxyl groups is 1. The molecule has 1 aliphatic carbocycles. The summed E-state index contributed by atoms with van der Waals surface area (Å²) in [5, 5.41) is 13.4. The SMILES string of the molecule is O[C@H]1CCCC[C@@H]1C[C@H]1CCCCN1. The Balaban J connectivity index is 1.76. The molecule has 0 aromatic rings. The molecule has 1 saturated heterocycles. The van der Waals surface area contributed by atoms with E-state index < -0.39 is 0 Å². The van der Waals surface area contributed by atoms with E-state index in [-0.39, 0.29) is 6.10 Å². The predicted octanol–water partition coefficient (Wildman–Crippen LogP) is 2.07. The van der Waals surface area contributed by atoms with Crippen molar-refractivity contribution < 1.29 is 5.11 Å². The molecule has 0 bridgehead atoms. The fourth-order valence-electron chi connectivity index (χ4n) is 2.95. The monoisotopic (exact) mass is 197 g/mol. The normalized spacial score (nSPS) is 39.6. The highest BCUT2D eigenvalue weighted by molar-refractivity contribution is 4.81. The van der Waals surface area contributed by atoms with E-state index in [1.54, 1.807) is 0 Å². The van der Waals surface area contributed by atoms with Crippen LogP contribution in [0.2, 0.25) is 0 Å². The zero-order valence-electron chi connectivity index (χ0n) is 9.04. The minimum atomic E-state index is -0.00697. The number of hydrogen-bond acceptors (Lipinski definition) is 2. The molecule has 2 heteroatoms. The molecule has 2 aliphatic rings. The summed E-state index contributed by atoms with van der Waals surface area (Å²) in [7, 11) is 0. The Morgan fingerprint density at radius 1 is 1.00 bits per heavy atom. The molecule has 0 amide bonds. The first-order chi connectivity index (χ1) is 6.86. The van der Waals surface area contributed by atoms with Gasteiger partial charge in [0, 0.05) is 6.04 Å². The number of nitrogens with one attached hydrogen (secondary N) is 1. The van der Waals surface area contributed by atoms with E-state index in [4.69, 9.17) is 0 Å². The van der Waals surface area contributed by atoms with Crippen LogP contribution in [0.1, 0.15) is 51.4 Å². The number of hydrogen-bond donors (Lipinski definition) is 2. The zero-order valence-corrected chi connectivity index (χ0v) is 9.04. The van der Waals surface area contributed by atoms with Gasteiger partial charge in [-0.3, -0.25) is 0 Å². The zero-order chi connectivity index (χ0) is 9.80. The molecule has 1 heterocycles. The molecule has 82 valence electrons. The first-order valence-electron chi connectivity index (χ1n) is 6.28. The van der Waals surface area contributed by atoms with Crippen LogP contribution in [0.3, 0.4) is 0 Å². The van der Waals surface area contributed by atoms with Crippen LogP contribution in [0.4, 0.5) is 0 Å². The summed E-state index contributed by atoms with van der Waals surface area (Å²) in [6, 6.07) is 0.696. The van der Waals surface area contributed by atoms with Crippen molar-refractivity contribution in [2.75, 3.05) is 6.54 Å². The van der Waals surface area contributed by atoms with Crippen molar-refractivity contribution in [3.63, 3.8) is 0 Å². The summed E-state index contributed by atoms with van der Waals surface area (Å²) in [6.07, 6.45) is 10.1. The lowest BCUT2D eigenvalue weighted by Gasteiger charge is -2.32. The van der Waals surface area contributed by atoms with Gasteiger partial charge in [-0.15, -0.1) is 0 Å². The van der Waals surface area contributed by atoms with Crippen LogP contribution < -0.4 is 5.32 Å². The Kier molecular flexibility index (Phi) is 3.82. The third kappa shape index (κ3) is 2.71. The molecule has 2 fully saturated rings. The first kappa shape index (κ1) is 10.4. The fourth-order valence-corrected chi connectivity index (χ4v) is 2.95. The standard InChI is InChI=1S/C12H23NO/c14-12-7-2-1-5-10(12)9-11-6-3-4-8-13-11/h10-14H,1-9H2/t10-,11-,12+/m1/s1. The van der Waals surface area contributed by atoms with Crippen LogP contribution >= 0.6 is 0 Å². The predicted molar refractivity (Wildman–Crippen MR) is 58.2 cm³/mol. The third-order valence-electron chi connectivity index (χ3n) is 3.87. The molecule has 0 unspecified atom stereocenters. The van der Waals surface area contributed by atoms with Crippen LogP contribution in [-0.4, -0.2) is 23.8 Å². The Bertz CT molecular complexity index is 166. The molecule has 0 spiro atoms. The molecule has 0 aromatic carbocycles. The molecule has 0 aromatic heterocycles. The van der Waals surface area contributed by atoms with E-state index >= 15 is 0 Å². The number of aliphatic hydroxyl groups excluding tert-OH is 1. The van der Waals surface area contributed by atoms with Crippen molar-refractivity contribution in [3.8, 4) is 0 Å². The van der Waals surface area contributed by atoms with E-state index in [2.05, 4.69) is 5.32 Å².